The Bertz CT molecular complexity index is 1150. The largest absolute Gasteiger partial charge is 0.372 e. The fraction of sp³-hybridized carbons (Fsp3) is 0.200. The van der Waals surface area contributed by atoms with Crippen LogP contribution in [0.5, 0.6) is 0 Å². The van der Waals surface area contributed by atoms with Gasteiger partial charge in [0.2, 0.25) is 11.8 Å². The van der Waals surface area contributed by atoms with Crippen molar-refractivity contribution in [2.24, 2.45) is 5.92 Å². The molecule has 1 saturated heterocycles. The SMILES string of the molecule is C[C@@H]1CC(=O)N(c2ccc(N[C@H](Cc3ccccc3)c3ccccc3)c([N+](=O)[O-])c2)C1=O. The predicted molar refractivity (Wildman–Crippen MR) is 122 cm³/mol. The summed E-state index contributed by atoms with van der Waals surface area (Å²) in [6.45, 7) is 1.68. The van der Waals surface area contributed by atoms with Crippen LogP contribution >= 0.6 is 0 Å². The highest BCUT2D eigenvalue weighted by atomic mass is 16.6. The summed E-state index contributed by atoms with van der Waals surface area (Å²) in [7, 11) is 0. The Morgan fingerprint density at radius 1 is 1.03 bits per heavy atom. The van der Waals surface area contributed by atoms with Crippen LogP contribution in [0.25, 0.3) is 0 Å². The molecule has 1 aliphatic heterocycles. The molecule has 0 spiro atoms. The first-order valence-corrected chi connectivity index (χ1v) is 10.4. The molecule has 1 heterocycles. The second-order valence-electron chi connectivity index (χ2n) is 7.93. The highest BCUT2D eigenvalue weighted by molar-refractivity contribution is 6.21. The van der Waals surface area contributed by atoms with Gasteiger partial charge in [-0.05, 0) is 29.7 Å². The van der Waals surface area contributed by atoms with Gasteiger partial charge in [-0.25, -0.2) is 0 Å². The minimum Gasteiger partial charge on any atom is -0.372 e. The Morgan fingerprint density at radius 2 is 1.69 bits per heavy atom. The number of imide groups is 1. The number of hydrogen-bond donors (Lipinski definition) is 1. The van der Waals surface area contributed by atoms with Crippen molar-refractivity contribution in [1.82, 2.24) is 0 Å². The van der Waals surface area contributed by atoms with Crippen LogP contribution < -0.4 is 10.2 Å². The molecule has 0 saturated carbocycles. The molecule has 0 aromatic heterocycles. The number of nitro benzene ring substituents is 1. The third kappa shape index (κ3) is 4.37. The molecule has 3 aromatic rings. The maximum atomic E-state index is 12.4. The Balaban J connectivity index is 1.68. The van der Waals surface area contributed by atoms with Crippen LogP contribution in [0.2, 0.25) is 0 Å². The average molecular weight is 429 g/mol. The van der Waals surface area contributed by atoms with Crippen LogP contribution in [-0.4, -0.2) is 16.7 Å². The molecule has 2 atom stereocenters. The van der Waals surface area contributed by atoms with E-state index in [1.165, 1.54) is 6.07 Å². The van der Waals surface area contributed by atoms with Crippen molar-refractivity contribution in [3.63, 3.8) is 0 Å². The first kappa shape index (κ1) is 21.2. The summed E-state index contributed by atoms with van der Waals surface area (Å²) >= 11 is 0. The number of nitro groups is 1. The molecular formula is C25H23N3O4. The van der Waals surface area contributed by atoms with E-state index in [0.29, 0.717) is 12.1 Å². The number of nitrogens with zero attached hydrogens (tertiary/aromatic N) is 2. The van der Waals surface area contributed by atoms with Crippen LogP contribution in [0.1, 0.15) is 30.5 Å². The van der Waals surface area contributed by atoms with E-state index in [0.717, 1.165) is 16.0 Å². The van der Waals surface area contributed by atoms with Crippen molar-refractivity contribution >= 4 is 28.9 Å². The third-order valence-electron chi connectivity index (χ3n) is 5.62. The molecule has 7 heteroatoms. The smallest absolute Gasteiger partial charge is 0.294 e. The summed E-state index contributed by atoms with van der Waals surface area (Å²) in [6, 6.07) is 23.8. The maximum Gasteiger partial charge on any atom is 0.294 e. The topological polar surface area (TPSA) is 92.6 Å². The molecule has 0 radical (unpaired) electrons. The fourth-order valence-corrected chi connectivity index (χ4v) is 3.96. The van der Waals surface area contributed by atoms with Gasteiger partial charge in [0, 0.05) is 18.4 Å². The number of benzene rings is 3. The molecule has 7 nitrogen and oxygen atoms in total. The number of carbonyl (C=O) groups excluding carboxylic acids is 2. The predicted octanol–water partition coefficient (Wildman–Crippen LogP) is 4.89. The zero-order valence-corrected chi connectivity index (χ0v) is 17.6. The third-order valence-corrected chi connectivity index (χ3v) is 5.62. The van der Waals surface area contributed by atoms with Gasteiger partial charge >= 0.3 is 0 Å². The normalized spacial score (nSPS) is 16.8. The number of anilines is 2. The molecule has 1 N–H and O–H groups in total. The fourth-order valence-electron chi connectivity index (χ4n) is 3.96. The quantitative estimate of drug-likeness (QED) is 0.328. The van der Waals surface area contributed by atoms with E-state index in [1.807, 2.05) is 60.7 Å². The molecule has 2 amide bonds. The average Bonchev–Trinajstić information content (AvgIpc) is 3.06. The van der Waals surface area contributed by atoms with Crippen LogP contribution in [0.4, 0.5) is 17.1 Å². The summed E-state index contributed by atoms with van der Waals surface area (Å²) < 4.78 is 0. The number of hydrogen-bond acceptors (Lipinski definition) is 5. The van der Waals surface area contributed by atoms with Gasteiger partial charge in [-0.2, -0.15) is 0 Å². The van der Waals surface area contributed by atoms with Crippen molar-refractivity contribution in [2.45, 2.75) is 25.8 Å². The lowest BCUT2D eigenvalue weighted by Crippen LogP contribution is -2.30. The zero-order valence-electron chi connectivity index (χ0n) is 17.6. The molecule has 3 aromatic carbocycles. The Kier molecular flexibility index (Phi) is 5.98. The summed E-state index contributed by atoms with van der Waals surface area (Å²) in [6.07, 6.45) is 0.740. The lowest BCUT2D eigenvalue weighted by molar-refractivity contribution is -0.383. The number of rotatable bonds is 7. The number of carbonyl (C=O) groups is 2. The van der Waals surface area contributed by atoms with Gasteiger partial charge in [0.25, 0.3) is 5.69 Å². The van der Waals surface area contributed by atoms with Crippen molar-refractivity contribution in [1.29, 1.82) is 0 Å². The van der Waals surface area contributed by atoms with E-state index >= 15 is 0 Å². The van der Waals surface area contributed by atoms with E-state index in [9.17, 15) is 19.7 Å². The first-order valence-electron chi connectivity index (χ1n) is 10.4. The van der Waals surface area contributed by atoms with Crippen LogP contribution in [0, 0.1) is 16.0 Å². The van der Waals surface area contributed by atoms with Gasteiger partial charge in [-0.15, -0.1) is 0 Å². The Labute approximate surface area is 185 Å². The van der Waals surface area contributed by atoms with E-state index in [1.54, 1.807) is 19.1 Å². The van der Waals surface area contributed by atoms with Crippen molar-refractivity contribution in [3.8, 4) is 0 Å². The lowest BCUT2D eigenvalue weighted by atomic mass is 9.98. The van der Waals surface area contributed by atoms with E-state index < -0.39 is 10.8 Å². The van der Waals surface area contributed by atoms with Crippen LogP contribution in [0.3, 0.4) is 0 Å². The van der Waals surface area contributed by atoms with Crippen LogP contribution in [-0.2, 0) is 16.0 Å². The highest BCUT2D eigenvalue weighted by Gasteiger charge is 2.37. The summed E-state index contributed by atoms with van der Waals surface area (Å²) in [5.74, 6) is -1.10. The highest BCUT2D eigenvalue weighted by Crippen LogP contribution is 2.35. The van der Waals surface area contributed by atoms with E-state index in [4.69, 9.17) is 0 Å². The van der Waals surface area contributed by atoms with Gasteiger partial charge in [0.05, 0.1) is 16.7 Å². The molecule has 0 aliphatic carbocycles. The van der Waals surface area contributed by atoms with Gasteiger partial charge in [-0.3, -0.25) is 24.6 Å². The molecule has 32 heavy (non-hydrogen) atoms. The summed E-state index contributed by atoms with van der Waals surface area (Å²) in [4.78, 5) is 37.0. The van der Waals surface area contributed by atoms with Crippen LogP contribution in [0.15, 0.2) is 78.9 Å². The minimum atomic E-state index is -0.495. The summed E-state index contributed by atoms with van der Waals surface area (Å²) in [5, 5.41) is 15.2. The second-order valence-corrected chi connectivity index (χ2v) is 7.93. The number of amides is 2. The molecular weight excluding hydrogens is 406 g/mol. The zero-order chi connectivity index (χ0) is 22.7. The van der Waals surface area contributed by atoms with Crippen molar-refractivity contribution in [3.05, 3.63) is 100 Å². The molecule has 1 aliphatic rings. The molecule has 162 valence electrons. The molecule has 0 bridgehead atoms. The molecule has 0 unspecified atom stereocenters. The molecule has 4 rings (SSSR count). The molecule has 1 fully saturated rings. The standard InChI is InChI=1S/C25H23N3O4/c1-17-14-24(29)27(25(17)30)20-12-13-21(23(16-20)28(31)32)26-22(19-10-6-3-7-11-19)15-18-8-4-2-5-9-18/h2-13,16-17,22,26H,14-15H2,1H3/t17-,22-/m1/s1. The Hall–Kier alpha value is -4.00. The van der Waals surface area contributed by atoms with Gasteiger partial charge < -0.3 is 5.32 Å². The van der Waals surface area contributed by atoms with Crippen molar-refractivity contribution < 1.29 is 14.5 Å². The monoisotopic (exact) mass is 429 g/mol. The van der Waals surface area contributed by atoms with E-state index in [-0.39, 0.29) is 35.7 Å². The summed E-state index contributed by atoms with van der Waals surface area (Å²) in [5.41, 5.74) is 2.46. The first-order chi connectivity index (χ1) is 15.4. The van der Waals surface area contributed by atoms with Crippen molar-refractivity contribution in [2.75, 3.05) is 10.2 Å². The lowest BCUT2D eigenvalue weighted by Gasteiger charge is -2.22. The Morgan fingerprint density at radius 3 is 2.28 bits per heavy atom. The second kappa shape index (κ2) is 9.01. The van der Waals surface area contributed by atoms with Gasteiger partial charge in [-0.1, -0.05) is 67.6 Å². The minimum absolute atomic E-state index is 0.111. The number of nitrogens with one attached hydrogen (secondary N) is 1. The van der Waals surface area contributed by atoms with Gasteiger partial charge in [0.1, 0.15) is 5.69 Å². The van der Waals surface area contributed by atoms with Gasteiger partial charge in [0.15, 0.2) is 0 Å². The van der Waals surface area contributed by atoms with E-state index in [2.05, 4.69) is 5.32 Å². The maximum absolute atomic E-state index is 12.4.